The topological polar surface area (TPSA) is 90.0 Å². The van der Waals surface area contributed by atoms with E-state index in [-0.39, 0.29) is 17.2 Å². The van der Waals surface area contributed by atoms with Crippen LogP contribution in [0.1, 0.15) is 24.1 Å². The van der Waals surface area contributed by atoms with Crippen LogP contribution in [0, 0.1) is 0 Å². The zero-order valence-electron chi connectivity index (χ0n) is 19.4. The maximum atomic E-state index is 13.3. The first kappa shape index (κ1) is 24.2. The molecule has 0 bridgehead atoms. The van der Waals surface area contributed by atoms with Crippen molar-refractivity contribution < 1.29 is 19.5 Å². The molecule has 1 aliphatic rings. The van der Waals surface area contributed by atoms with Gasteiger partial charge >= 0.3 is 0 Å². The summed E-state index contributed by atoms with van der Waals surface area (Å²) in [6.07, 6.45) is 0. The molecule has 1 heterocycles. The van der Waals surface area contributed by atoms with Crippen LogP contribution in [0.15, 0.2) is 82.8 Å². The first-order valence-corrected chi connectivity index (χ1v) is 11.7. The zero-order chi connectivity index (χ0) is 25.3. The average molecular weight is 534 g/mol. The van der Waals surface area contributed by atoms with Crippen LogP contribution >= 0.6 is 15.9 Å². The molecule has 35 heavy (non-hydrogen) atoms. The van der Waals surface area contributed by atoms with Gasteiger partial charge in [-0.3, -0.25) is 19.3 Å². The Hall–Kier alpha value is -3.91. The van der Waals surface area contributed by atoms with Gasteiger partial charge in [0.2, 0.25) is 5.91 Å². The van der Waals surface area contributed by atoms with Crippen LogP contribution in [0.5, 0.6) is 0 Å². The number of hydrogen-bond donors (Lipinski definition) is 2. The number of carbonyl (C=O) groups excluding carboxylic acids is 3. The van der Waals surface area contributed by atoms with E-state index in [1.54, 1.807) is 48.5 Å². The standard InChI is InChI=1S/C27H24BrN3O4/c1-16(32)29-20-10-14-22(15-11-20)31-24(17-6-12-21(13-7-17)30(2)3)23(26(34)27(31)35)25(33)18-4-8-19(28)9-5-18/h4-15,24,33H,1-3H3,(H,29,32)/b25-23-. The molecule has 1 aliphatic heterocycles. The number of rotatable bonds is 5. The van der Waals surface area contributed by atoms with Crippen molar-refractivity contribution in [3.8, 4) is 0 Å². The lowest BCUT2D eigenvalue weighted by atomic mass is 9.95. The van der Waals surface area contributed by atoms with Crippen LogP contribution < -0.4 is 15.1 Å². The van der Waals surface area contributed by atoms with Gasteiger partial charge in [-0.05, 0) is 54.1 Å². The minimum Gasteiger partial charge on any atom is -0.507 e. The summed E-state index contributed by atoms with van der Waals surface area (Å²) in [6, 6.07) is 20.2. The molecule has 2 N–H and O–H groups in total. The van der Waals surface area contributed by atoms with E-state index in [1.165, 1.54) is 11.8 Å². The maximum absolute atomic E-state index is 13.3. The highest BCUT2D eigenvalue weighted by Gasteiger charge is 2.47. The molecule has 0 saturated carbocycles. The van der Waals surface area contributed by atoms with E-state index < -0.39 is 17.7 Å². The summed E-state index contributed by atoms with van der Waals surface area (Å²) >= 11 is 3.37. The molecule has 0 aromatic heterocycles. The summed E-state index contributed by atoms with van der Waals surface area (Å²) in [7, 11) is 3.84. The molecule has 0 spiro atoms. The van der Waals surface area contributed by atoms with Gasteiger partial charge in [-0.1, -0.05) is 40.2 Å². The molecule has 7 nitrogen and oxygen atoms in total. The monoisotopic (exact) mass is 533 g/mol. The van der Waals surface area contributed by atoms with Crippen molar-refractivity contribution in [2.24, 2.45) is 0 Å². The fourth-order valence-corrected chi connectivity index (χ4v) is 4.31. The summed E-state index contributed by atoms with van der Waals surface area (Å²) in [4.78, 5) is 41.2. The van der Waals surface area contributed by atoms with Crippen molar-refractivity contribution in [1.29, 1.82) is 0 Å². The number of anilines is 3. The highest BCUT2D eigenvalue weighted by molar-refractivity contribution is 9.10. The van der Waals surface area contributed by atoms with Crippen LogP contribution in [0.4, 0.5) is 17.1 Å². The highest BCUT2D eigenvalue weighted by Crippen LogP contribution is 2.42. The Bertz CT molecular complexity index is 1310. The van der Waals surface area contributed by atoms with Crippen molar-refractivity contribution in [2.45, 2.75) is 13.0 Å². The van der Waals surface area contributed by atoms with Crippen molar-refractivity contribution in [1.82, 2.24) is 0 Å². The van der Waals surface area contributed by atoms with E-state index in [0.717, 1.165) is 10.2 Å². The minimum absolute atomic E-state index is 0.0147. The summed E-state index contributed by atoms with van der Waals surface area (Å²) in [5.41, 5.74) is 3.12. The van der Waals surface area contributed by atoms with Gasteiger partial charge in [0.25, 0.3) is 11.7 Å². The predicted molar refractivity (Wildman–Crippen MR) is 140 cm³/mol. The van der Waals surface area contributed by atoms with Crippen molar-refractivity contribution in [3.05, 3.63) is 94.0 Å². The first-order chi connectivity index (χ1) is 16.7. The zero-order valence-corrected chi connectivity index (χ0v) is 21.0. The molecule has 3 aromatic rings. The van der Waals surface area contributed by atoms with Gasteiger partial charge in [-0.15, -0.1) is 0 Å². The number of benzene rings is 3. The second-order valence-corrected chi connectivity index (χ2v) is 9.31. The van der Waals surface area contributed by atoms with E-state index >= 15 is 0 Å². The molecule has 4 rings (SSSR count). The van der Waals surface area contributed by atoms with Gasteiger partial charge in [0.15, 0.2) is 0 Å². The summed E-state index contributed by atoms with van der Waals surface area (Å²) in [5, 5.41) is 13.9. The van der Waals surface area contributed by atoms with E-state index in [9.17, 15) is 19.5 Å². The van der Waals surface area contributed by atoms with E-state index in [4.69, 9.17) is 0 Å². The largest absolute Gasteiger partial charge is 0.507 e. The summed E-state index contributed by atoms with van der Waals surface area (Å²) in [5.74, 6) is -1.96. The molecular formula is C27H24BrN3O4. The Labute approximate surface area is 211 Å². The minimum atomic E-state index is -0.832. The second kappa shape index (κ2) is 9.76. The predicted octanol–water partition coefficient (Wildman–Crippen LogP) is 5.10. The molecule has 178 valence electrons. The lowest BCUT2D eigenvalue weighted by Gasteiger charge is -2.26. The number of carbonyl (C=O) groups is 3. The SMILES string of the molecule is CC(=O)Nc1ccc(N2C(=O)C(=O)/C(=C(\O)c3ccc(Br)cc3)C2c2ccc(N(C)C)cc2)cc1. The molecular weight excluding hydrogens is 510 g/mol. The Morgan fingerprint density at radius 3 is 2.09 bits per heavy atom. The van der Waals surface area contributed by atoms with Gasteiger partial charge in [0.05, 0.1) is 11.6 Å². The van der Waals surface area contributed by atoms with Gasteiger partial charge in [0.1, 0.15) is 5.76 Å². The number of halogens is 1. The lowest BCUT2D eigenvalue weighted by molar-refractivity contribution is -0.132. The highest BCUT2D eigenvalue weighted by atomic mass is 79.9. The summed E-state index contributed by atoms with van der Waals surface area (Å²) < 4.78 is 0.824. The quantitative estimate of drug-likeness (QED) is 0.270. The van der Waals surface area contributed by atoms with Gasteiger partial charge in [-0.25, -0.2) is 0 Å². The van der Waals surface area contributed by atoms with Gasteiger partial charge in [-0.2, -0.15) is 0 Å². The van der Waals surface area contributed by atoms with Gasteiger partial charge in [0, 0.05) is 48.1 Å². The molecule has 2 amide bonds. The third-order valence-electron chi connectivity index (χ3n) is 5.75. The van der Waals surface area contributed by atoms with Gasteiger partial charge < -0.3 is 15.3 Å². The van der Waals surface area contributed by atoms with Crippen LogP contribution in [-0.4, -0.2) is 36.8 Å². The molecule has 0 radical (unpaired) electrons. The number of aliphatic hydroxyl groups is 1. The molecule has 1 atom stereocenters. The molecule has 0 aliphatic carbocycles. The molecule has 1 unspecified atom stereocenters. The number of nitrogens with one attached hydrogen (secondary N) is 1. The molecule has 1 saturated heterocycles. The Balaban J connectivity index is 1.87. The van der Waals surface area contributed by atoms with Crippen LogP contribution in [0.25, 0.3) is 5.76 Å². The normalized spacial score (nSPS) is 16.9. The van der Waals surface area contributed by atoms with Crippen LogP contribution in [-0.2, 0) is 14.4 Å². The maximum Gasteiger partial charge on any atom is 0.300 e. The van der Waals surface area contributed by atoms with Crippen LogP contribution in [0.3, 0.4) is 0 Å². The van der Waals surface area contributed by atoms with E-state index in [1.807, 2.05) is 43.3 Å². The van der Waals surface area contributed by atoms with E-state index in [2.05, 4.69) is 21.2 Å². The fraction of sp³-hybridized carbons (Fsp3) is 0.148. The van der Waals surface area contributed by atoms with Crippen molar-refractivity contribution >= 4 is 56.3 Å². The molecule has 3 aromatic carbocycles. The lowest BCUT2D eigenvalue weighted by Crippen LogP contribution is -2.29. The number of Topliss-reactive ketones (excluding diaryl/α,β-unsaturated/α-hetero) is 1. The van der Waals surface area contributed by atoms with Crippen LogP contribution in [0.2, 0.25) is 0 Å². The number of aliphatic hydroxyl groups excluding tert-OH is 1. The van der Waals surface area contributed by atoms with Crippen molar-refractivity contribution in [2.75, 3.05) is 29.2 Å². The Morgan fingerprint density at radius 1 is 0.943 bits per heavy atom. The van der Waals surface area contributed by atoms with E-state index in [0.29, 0.717) is 22.5 Å². The number of hydrogen-bond acceptors (Lipinski definition) is 5. The Kier molecular flexibility index (Phi) is 6.75. The molecule has 1 fully saturated rings. The fourth-order valence-electron chi connectivity index (χ4n) is 4.04. The number of ketones is 1. The first-order valence-electron chi connectivity index (χ1n) is 10.9. The molecule has 8 heteroatoms. The van der Waals surface area contributed by atoms with Crippen molar-refractivity contribution in [3.63, 3.8) is 0 Å². The number of amides is 2. The second-order valence-electron chi connectivity index (χ2n) is 8.39. The number of nitrogens with zero attached hydrogens (tertiary/aromatic N) is 2. The third-order valence-corrected chi connectivity index (χ3v) is 6.28. The smallest absolute Gasteiger partial charge is 0.300 e. The Morgan fingerprint density at radius 2 is 1.54 bits per heavy atom. The third kappa shape index (κ3) is 4.83. The average Bonchev–Trinajstić information content (AvgIpc) is 3.10. The summed E-state index contributed by atoms with van der Waals surface area (Å²) in [6.45, 7) is 1.41.